The first-order chi connectivity index (χ1) is 12.0. The Hall–Kier alpha value is -0.770. The molecule has 2 saturated heterocycles. The fourth-order valence-electron chi connectivity index (χ4n) is 3.69. The summed E-state index contributed by atoms with van der Waals surface area (Å²) in [5.41, 5.74) is 0. The smallest absolute Gasteiger partial charge is 0.409 e. The molecule has 1 N–H and O–H groups in total. The predicted octanol–water partition coefficient (Wildman–Crippen LogP) is 2.07. The molecule has 0 aromatic carbocycles. The highest BCUT2D eigenvalue weighted by Crippen LogP contribution is 2.18. The van der Waals surface area contributed by atoms with Gasteiger partial charge in [-0.15, -0.1) is 24.0 Å². The first kappa shape index (κ1) is 23.3. The molecule has 0 aromatic rings. The molecule has 0 unspecified atom stereocenters. The summed E-state index contributed by atoms with van der Waals surface area (Å²) < 4.78 is 5.08. The number of guanidine groups is 1. The van der Waals surface area contributed by atoms with Crippen LogP contribution >= 0.6 is 24.0 Å². The van der Waals surface area contributed by atoms with Gasteiger partial charge in [0, 0.05) is 52.4 Å². The summed E-state index contributed by atoms with van der Waals surface area (Å²) in [5.74, 6) is 1.65. The highest BCUT2D eigenvalue weighted by Gasteiger charge is 2.27. The summed E-state index contributed by atoms with van der Waals surface area (Å²) in [6, 6.07) is 0.597. The SMILES string of the molecule is CCOC(=O)N1CCN(C(=NC)NC[C@H]2CCCN2CC(C)C)CC1.I. The van der Waals surface area contributed by atoms with E-state index in [1.165, 1.54) is 25.9 Å². The number of ether oxygens (including phenoxy) is 1. The molecule has 8 heteroatoms. The Morgan fingerprint density at radius 2 is 1.85 bits per heavy atom. The van der Waals surface area contributed by atoms with E-state index < -0.39 is 0 Å². The van der Waals surface area contributed by atoms with E-state index in [0.717, 1.165) is 25.6 Å². The van der Waals surface area contributed by atoms with Crippen LogP contribution in [0.2, 0.25) is 0 Å². The number of nitrogens with one attached hydrogen (secondary N) is 1. The van der Waals surface area contributed by atoms with Crippen LogP contribution in [-0.2, 0) is 4.74 Å². The highest BCUT2D eigenvalue weighted by molar-refractivity contribution is 14.0. The lowest BCUT2D eigenvalue weighted by molar-refractivity contribution is 0.0913. The second-order valence-electron chi connectivity index (χ2n) is 7.29. The van der Waals surface area contributed by atoms with Crippen LogP contribution in [0.25, 0.3) is 0 Å². The van der Waals surface area contributed by atoms with Crippen LogP contribution in [-0.4, -0.2) is 92.3 Å². The van der Waals surface area contributed by atoms with E-state index in [4.69, 9.17) is 4.74 Å². The van der Waals surface area contributed by atoms with Gasteiger partial charge in [-0.05, 0) is 32.2 Å². The predicted molar refractivity (Wildman–Crippen MR) is 116 cm³/mol. The molecule has 0 aliphatic carbocycles. The van der Waals surface area contributed by atoms with Gasteiger partial charge in [-0.3, -0.25) is 9.89 Å². The molecule has 152 valence electrons. The van der Waals surface area contributed by atoms with Crippen LogP contribution in [0.5, 0.6) is 0 Å². The fourth-order valence-corrected chi connectivity index (χ4v) is 3.69. The van der Waals surface area contributed by atoms with Crippen LogP contribution < -0.4 is 5.32 Å². The molecule has 2 fully saturated rings. The largest absolute Gasteiger partial charge is 0.450 e. The van der Waals surface area contributed by atoms with Gasteiger partial charge in [0.1, 0.15) is 0 Å². The van der Waals surface area contributed by atoms with E-state index in [-0.39, 0.29) is 30.1 Å². The summed E-state index contributed by atoms with van der Waals surface area (Å²) >= 11 is 0. The maximum absolute atomic E-state index is 11.8. The molecular weight excluding hydrogens is 445 g/mol. The van der Waals surface area contributed by atoms with Crippen LogP contribution in [0.15, 0.2) is 4.99 Å². The second-order valence-corrected chi connectivity index (χ2v) is 7.29. The molecule has 1 amide bonds. The van der Waals surface area contributed by atoms with Gasteiger partial charge in [0.15, 0.2) is 5.96 Å². The van der Waals surface area contributed by atoms with Gasteiger partial charge in [0.05, 0.1) is 6.61 Å². The Morgan fingerprint density at radius 3 is 2.42 bits per heavy atom. The van der Waals surface area contributed by atoms with Gasteiger partial charge in [0.25, 0.3) is 0 Å². The zero-order chi connectivity index (χ0) is 18.2. The van der Waals surface area contributed by atoms with Crippen molar-refractivity contribution >= 4 is 36.0 Å². The minimum absolute atomic E-state index is 0. The summed E-state index contributed by atoms with van der Waals surface area (Å²) in [6.45, 7) is 13.1. The molecule has 0 aromatic heterocycles. The third kappa shape index (κ3) is 6.75. The monoisotopic (exact) mass is 481 g/mol. The lowest BCUT2D eigenvalue weighted by Crippen LogP contribution is -2.55. The van der Waals surface area contributed by atoms with E-state index in [2.05, 4.69) is 34.0 Å². The molecule has 0 saturated carbocycles. The first-order valence-electron chi connectivity index (χ1n) is 9.66. The van der Waals surface area contributed by atoms with Crippen molar-refractivity contribution in [1.82, 2.24) is 20.0 Å². The van der Waals surface area contributed by atoms with E-state index in [1.54, 1.807) is 4.90 Å². The summed E-state index contributed by atoms with van der Waals surface area (Å²) in [6.07, 6.45) is 2.34. The van der Waals surface area contributed by atoms with Crippen LogP contribution in [0.1, 0.15) is 33.6 Å². The molecule has 7 nitrogen and oxygen atoms in total. The summed E-state index contributed by atoms with van der Waals surface area (Å²) in [5, 5.41) is 3.55. The zero-order valence-corrected chi connectivity index (χ0v) is 19.1. The van der Waals surface area contributed by atoms with E-state index in [0.29, 0.717) is 31.7 Å². The van der Waals surface area contributed by atoms with Crippen LogP contribution in [0, 0.1) is 5.92 Å². The van der Waals surface area contributed by atoms with Crippen molar-refractivity contribution in [2.24, 2.45) is 10.9 Å². The number of carbonyl (C=O) groups is 1. The van der Waals surface area contributed by atoms with Crippen LogP contribution in [0.4, 0.5) is 4.79 Å². The lowest BCUT2D eigenvalue weighted by atomic mass is 10.1. The van der Waals surface area contributed by atoms with Crippen molar-refractivity contribution in [1.29, 1.82) is 0 Å². The molecule has 0 spiro atoms. The molecule has 2 heterocycles. The Bertz CT molecular complexity index is 453. The number of rotatable bonds is 5. The zero-order valence-electron chi connectivity index (χ0n) is 16.7. The first-order valence-corrected chi connectivity index (χ1v) is 9.66. The minimum atomic E-state index is -0.208. The number of likely N-dealkylation sites (tertiary alicyclic amines) is 1. The molecule has 2 aliphatic rings. The second kappa shape index (κ2) is 11.8. The van der Waals surface area contributed by atoms with Gasteiger partial charge in [-0.25, -0.2) is 4.79 Å². The van der Waals surface area contributed by atoms with Crippen molar-refractivity contribution in [2.45, 2.75) is 39.7 Å². The third-order valence-electron chi connectivity index (χ3n) is 4.91. The molecular formula is C18H36IN5O2. The number of carbonyl (C=O) groups excluding carboxylic acids is 1. The molecule has 2 aliphatic heterocycles. The molecule has 0 bridgehead atoms. The van der Waals surface area contributed by atoms with Gasteiger partial charge in [0.2, 0.25) is 0 Å². The Kier molecular flexibility index (Phi) is 10.6. The number of hydrogen-bond donors (Lipinski definition) is 1. The average molecular weight is 481 g/mol. The van der Waals surface area contributed by atoms with Crippen LogP contribution in [0.3, 0.4) is 0 Å². The number of nitrogens with zero attached hydrogens (tertiary/aromatic N) is 4. The van der Waals surface area contributed by atoms with Crippen molar-refractivity contribution in [3.63, 3.8) is 0 Å². The van der Waals surface area contributed by atoms with Gasteiger partial charge < -0.3 is 19.9 Å². The molecule has 26 heavy (non-hydrogen) atoms. The number of halogens is 1. The van der Waals surface area contributed by atoms with E-state index in [9.17, 15) is 4.79 Å². The van der Waals surface area contributed by atoms with Gasteiger partial charge in [-0.2, -0.15) is 0 Å². The van der Waals surface area contributed by atoms with Gasteiger partial charge in [-0.1, -0.05) is 13.8 Å². The number of aliphatic imine (C=N–C) groups is 1. The van der Waals surface area contributed by atoms with E-state index >= 15 is 0 Å². The van der Waals surface area contributed by atoms with E-state index in [1.807, 2.05) is 14.0 Å². The van der Waals surface area contributed by atoms with Gasteiger partial charge >= 0.3 is 6.09 Å². The Balaban J connectivity index is 0.00000338. The maximum Gasteiger partial charge on any atom is 0.409 e. The van der Waals surface area contributed by atoms with Crippen molar-refractivity contribution in [3.8, 4) is 0 Å². The topological polar surface area (TPSA) is 60.4 Å². The number of hydrogen-bond acceptors (Lipinski definition) is 4. The molecule has 0 radical (unpaired) electrons. The maximum atomic E-state index is 11.8. The van der Waals surface area contributed by atoms with Crippen molar-refractivity contribution in [2.75, 3.05) is 59.5 Å². The number of piperazine rings is 1. The quantitative estimate of drug-likeness (QED) is 0.370. The number of amides is 1. The average Bonchev–Trinajstić information content (AvgIpc) is 3.02. The fraction of sp³-hybridized carbons (Fsp3) is 0.889. The normalized spacial score (nSPS) is 21.7. The third-order valence-corrected chi connectivity index (χ3v) is 4.91. The standard InChI is InChI=1S/C18H35N5O2.HI/c1-5-25-18(24)22-11-9-21(10-12-22)17(19-4)20-13-16-7-6-8-23(16)14-15(2)3;/h15-16H,5-14H2,1-4H3,(H,19,20);1H/t16-;/m1./s1. The molecule has 1 atom stereocenters. The molecule has 2 rings (SSSR count). The minimum Gasteiger partial charge on any atom is -0.450 e. The summed E-state index contributed by atoms with van der Waals surface area (Å²) in [4.78, 5) is 22.9. The Labute approximate surface area is 175 Å². The van der Waals surface area contributed by atoms with Crippen molar-refractivity contribution in [3.05, 3.63) is 0 Å². The van der Waals surface area contributed by atoms with Crippen molar-refractivity contribution < 1.29 is 9.53 Å². The highest BCUT2D eigenvalue weighted by atomic mass is 127. The summed E-state index contributed by atoms with van der Waals surface area (Å²) in [7, 11) is 1.83. The Morgan fingerprint density at radius 1 is 1.19 bits per heavy atom. The lowest BCUT2D eigenvalue weighted by Gasteiger charge is -2.36.